The molecule has 2 N–H and O–H groups in total. The number of benzene rings is 1. The van der Waals surface area contributed by atoms with Gasteiger partial charge in [-0.3, -0.25) is 10.1 Å². The first-order chi connectivity index (χ1) is 11.8. The minimum Gasteiger partial charge on any atom is -0.460 e. The number of methoxy groups -OCH3 is 1. The SMILES string of the molecule is COCCOC(=O)C1=C(C)NC(=O)N[C@@H]1c1ccc(Cl)c([N+](=O)[O-])c1. The van der Waals surface area contributed by atoms with Crippen molar-refractivity contribution in [3.05, 3.63) is 50.2 Å². The lowest BCUT2D eigenvalue weighted by molar-refractivity contribution is -0.384. The van der Waals surface area contributed by atoms with E-state index in [0.29, 0.717) is 11.3 Å². The van der Waals surface area contributed by atoms with E-state index in [-0.39, 0.29) is 29.5 Å². The van der Waals surface area contributed by atoms with Crippen LogP contribution in [0.2, 0.25) is 5.02 Å². The maximum Gasteiger partial charge on any atom is 0.338 e. The van der Waals surface area contributed by atoms with Crippen LogP contribution in [0.3, 0.4) is 0 Å². The maximum atomic E-state index is 12.4. The summed E-state index contributed by atoms with van der Waals surface area (Å²) in [5.74, 6) is -0.662. The molecule has 0 bridgehead atoms. The molecule has 1 aliphatic rings. The highest BCUT2D eigenvalue weighted by Gasteiger charge is 2.33. The predicted molar refractivity (Wildman–Crippen MR) is 88.0 cm³/mol. The minimum absolute atomic E-state index is 0.0353. The Bertz CT molecular complexity index is 749. The number of carbonyl (C=O) groups is 2. The summed E-state index contributed by atoms with van der Waals surface area (Å²) < 4.78 is 9.93. The van der Waals surface area contributed by atoms with Crippen molar-refractivity contribution in [3.8, 4) is 0 Å². The predicted octanol–water partition coefficient (Wildman–Crippen LogP) is 2.07. The fraction of sp³-hybridized carbons (Fsp3) is 0.333. The Hall–Kier alpha value is -2.65. The molecule has 1 aromatic carbocycles. The van der Waals surface area contributed by atoms with Gasteiger partial charge >= 0.3 is 12.0 Å². The van der Waals surface area contributed by atoms with Crippen LogP contribution in [0.5, 0.6) is 0 Å². The number of hydrogen-bond donors (Lipinski definition) is 2. The number of ether oxygens (including phenoxy) is 2. The van der Waals surface area contributed by atoms with E-state index in [1.165, 1.54) is 25.3 Å². The van der Waals surface area contributed by atoms with Crippen LogP contribution in [0.4, 0.5) is 10.5 Å². The van der Waals surface area contributed by atoms with Gasteiger partial charge in [-0.05, 0) is 18.6 Å². The van der Waals surface area contributed by atoms with Gasteiger partial charge in [0.15, 0.2) is 0 Å². The number of nitrogens with one attached hydrogen (secondary N) is 2. The topological polar surface area (TPSA) is 120 Å². The molecule has 134 valence electrons. The smallest absolute Gasteiger partial charge is 0.338 e. The van der Waals surface area contributed by atoms with E-state index < -0.39 is 23.0 Å². The number of halogens is 1. The van der Waals surface area contributed by atoms with Crippen LogP contribution in [-0.2, 0) is 14.3 Å². The van der Waals surface area contributed by atoms with Crippen molar-refractivity contribution in [3.63, 3.8) is 0 Å². The van der Waals surface area contributed by atoms with Gasteiger partial charge in [-0.25, -0.2) is 9.59 Å². The first-order valence-corrected chi connectivity index (χ1v) is 7.61. The van der Waals surface area contributed by atoms with Crippen LogP contribution in [0.15, 0.2) is 29.5 Å². The summed E-state index contributed by atoms with van der Waals surface area (Å²) >= 11 is 5.81. The van der Waals surface area contributed by atoms with Crippen LogP contribution in [0.25, 0.3) is 0 Å². The molecule has 1 atom stereocenters. The van der Waals surface area contributed by atoms with Crippen LogP contribution in [0, 0.1) is 10.1 Å². The van der Waals surface area contributed by atoms with E-state index in [1.807, 2.05) is 0 Å². The van der Waals surface area contributed by atoms with Crippen LogP contribution in [0.1, 0.15) is 18.5 Å². The van der Waals surface area contributed by atoms with Crippen molar-refractivity contribution in [1.82, 2.24) is 10.6 Å². The molecule has 2 rings (SSSR count). The number of amides is 2. The van der Waals surface area contributed by atoms with Gasteiger partial charge in [0.05, 0.1) is 23.1 Å². The summed E-state index contributed by atoms with van der Waals surface area (Å²) in [5, 5.41) is 16.1. The Morgan fingerprint density at radius 1 is 1.40 bits per heavy atom. The molecular weight excluding hydrogens is 354 g/mol. The van der Waals surface area contributed by atoms with Crippen LogP contribution in [-0.4, -0.2) is 37.2 Å². The number of allylic oxidation sites excluding steroid dienone is 1. The zero-order chi connectivity index (χ0) is 18.6. The summed E-state index contributed by atoms with van der Waals surface area (Å²) in [6, 6.07) is 2.62. The van der Waals surface area contributed by atoms with Gasteiger partial charge in [0.1, 0.15) is 11.6 Å². The Labute approximate surface area is 148 Å². The summed E-state index contributed by atoms with van der Waals surface area (Å²) in [5.41, 5.74) is 0.460. The highest BCUT2D eigenvalue weighted by atomic mass is 35.5. The third-order valence-electron chi connectivity index (χ3n) is 3.51. The number of nitro benzene ring substituents is 1. The van der Waals surface area contributed by atoms with E-state index in [2.05, 4.69) is 10.6 Å². The van der Waals surface area contributed by atoms with Gasteiger partial charge in [0, 0.05) is 18.9 Å². The van der Waals surface area contributed by atoms with Crippen molar-refractivity contribution in [2.45, 2.75) is 13.0 Å². The second kappa shape index (κ2) is 7.95. The summed E-state index contributed by atoms with van der Waals surface area (Å²) in [6.45, 7) is 1.80. The molecule has 1 aromatic rings. The fourth-order valence-electron chi connectivity index (χ4n) is 2.36. The average Bonchev–Trinajstić information content (AvgIpc) is 2.54. The zero-order valence-electron chi connectivity index (χ0n) is 13.5. The molecule has 0 saturated heterocycles. The summed E-state index contributed by atoms with van der Waals surface area (Å²) in [6.07, 6.45) is 0. The van der Waals surface area contributed by atoms with E-state index in [0.717, 1.165) is 0 Å². The average molecular weight is 370 g/mol. The number of carbonyl (C=O) groups excluding carboxylic acids is 2. The number of urea groups is 1. The Morgan fingerprint density at radius 3 is 2.76 bits per heavy atom. The lowest BCUT2D eigenvalue weighted by atomic mass is 9.95. The number of nitro groups is 1. The normalized spacial score (nSPS) is 16.9. The monoisotopic (exact) mass is 369 g/mol. The molecule has 0 fully saturated rings. The standard InChI is InChI=1S/C15H16ClN3O6/c1-8-12(14(20)25-6-5-24-2)13(18-15(21)17-8)9-3-4-10(16)11(7-9)19(22)23/h3-4,7,13H,5-6H2,1-2H3,(H2,17,18,21)/t13-/m1/s1. The van der Waals surface area contributed by atoms with Gasteiger partial charge in [-0.1, -0.05) is 17.7 Å². The molecular formula is C15H16ClN3O6. The number of hydrogen-bond acceptors (Lipinski definition) is 6. The molecule has 0 radical (unpaired) electrons. The van der Waals surface area contributed by atoms with Crippen molar-refractivity contribution >= 4 is 29.3 Å². The van der Waals surface area contributed by atoms with Crippen molar-refractivity contribution in [1.29, 1.82) is 0 Å². The fourth-order valence-corrected chi connectivity index (χ4v) is 2.55. The third kappa shape index (κ3) is 4.25. The quantitative estimate of drug-likeness (QED) is 0.343. The summed E-state index contributed by atoms with van der Waals surface area (Å²) in [7, 11) is 1.47. The van der Waals surface area contributed by atoms with Gasteiger partial charge in [-0.2, -0.15) is 0 Å². The van der Waals surface area contributed by atoms with Crippen LogP contribution >= 0.6 is 11.6 Å². The maximum absolute atomic E-state index is 12.4. The number of rotatable bonds is 6. The van der Waals surface area contributed by atoms with E-state index >= 15 is 0 Å². The minimum atomic E-state index is -0.903. The van der Waals surface area contributed by atoms with E-state index in [9.17, 15) is 19.7 Å². The molecule has 25 heavy (non-hydrogen) atoms. The van der Waals surface area contributed by atoms with Crippen molar-refractivity contribution in [2.24, 2.45) is 0 Å². The Morgan fingerprint density at radius 2 is 2.12 bits per heavy atom. The number of esters is 1. The van der Waals surface area contributed by atoms with Gasteiger partial charge < -0.3 is 20.1 Å². The van der Waals surface area contributed by atoms with Crippen LogP contribution < -0.4 is 10.6 Å². The van der Waals surface area contributed by atoms with Gasteiger partial charge in [0.25, 0.3) is 5.69 Å². The first kappa shape index (κ1) is 18.7. The largest absolute Gasteiger partial charge is 0.460 e. The van der Waals surface area contributed by atoms with Crippen molar-refractivity contribution in [2.75, 3.05) is 20.3 Å². The lowest BCUT2D eigenvalue weighted by Crippen LogP contribution is -2.45. The zero-order valence-corrected chi connectivity index (χ0v) is 14.3. The Kier molecular flexibility index (Phi) is 5.94. The second-order valence-corrected chi connectivity index (χ2v) is 5.57. The molecule has 0 saturated carbocycles. The van der Waals surface area contributed by atoms with Crippen molar-refractivity contribution < 1.29 is 24.0 Å². The third-order valence-corrected chi connectivity index (χ3v) is 3.83. The molecule has 0 aromatic heterocycles. The number of nitrogens with zero attached hydrogens (tertiary/aromatic N) is 1. The van der Waals surface area contributed by atoms with E-state index in [1.54, 1.807) is 6.92 Å². The molecule has 10 heteroatoms. The van der Waals surface area contributed by atoms with Gasteiger partial charge in [0.2, 0.25) is 0 Å². The molecule has 0 spiro atoms. The molecule has 0 unspecified atom stereocenters. The molecule has 9 nitrogen and oxygen atoms in total. The Balaban J connectivity index is 2.40. The molecule has 1 aliphatic heterocycles. The lowest BCUT2D eigenvalue weighted by Gasteiger charge is -2.28. The highest BCUT2D eigenvalue weighted by molar-refractivity contribution is 6.32. The first-order valence-electron chi connectivity index (χ1n) is 7.23. The molecule has 2 amide bonds. The molecule has 1 heterocycles. The molecule has 0 aliphatic carbocycles. The summed E-state index contributed by atoms with van der Waals surface area (Å²) in [4.78, 5) is 34.6. The highest BCUT2D eigenvalue weighted by Crippen LogP contribution is 2.32. The van der Waals surface area contributed by atoms with E-state index in [4.69, 9.17) is 21.1 Å². The second-order valence-electron chi connectivity index (χ2n) is 5.17. The van der Waals surface area contributed by atoms with Gasteiger partial charge in [-0.15, -0.1) is 0 Å².